The van der Waals surface area contributed by atoms with Gasteiger partial charge >= 0.3 is 0 Å². The molecule has 1 amide bonds. The minimum Gasteiger partial charge on any atom is -0.331 e. The lowest BCUT2D eigenvalue weighted by Gasteiger charge is -2.46. The highest BCUT2D eigenvalue weighted by Gasteiger charge is 2.37. The van der Waals surface area contributed by atoms with E-state index in [4.69, 9.17) is 0 Å². The molecule has 1 unspecified atom stereocenters. The van der Waals surface area contributed by atoms with Crippen LogP contribution in [0.25, 0.3) is 0 Å². The Hall–Kier alpha value is -1.42. The van der Waals surface area contributed by atoms with Gasteiger partial charge in [-0.05, 0) is 38.3 Å². The zero-order valence-corrected chi connectivity index (χ0v) is 12.9. The van der Waals surface area contributed by atoms with Gasteiger partial charge in [-0.3, -0.25) is 9.78 Å². The van der Waals surface area contributed by atoms with Gasteiger partial charge in [0.1, 0.15) is 0 Å². The van der Waals surface area contributed by atoms with Gasteiger partial charge in [0.2, 0.25) is 0 Å². The lowest BCUT2D eigenvalue weighted by atomic mass is 9.93. The van der Waals surface area contributed by atoms with E-state index in [1.807, 2.05) is 4.90 Å². The van der Waals surface area contributed by atoms with Crippen LogP contribution in [-0.2, 0) is 0 Å². The SMILES string of the molecule is CC(C)CC1CN(C(=O)c2ccncc2)C(C)(C)CN1. The van der Waals surface area contributed by atoms with Crippen molar-refractivity contribution in [3.05, 3.63) is 30.1 Å². The van der Waals surface area contributed by atoms with Crippen molar-refractivity contribution < 1.29 is 4.79 Å². The molecule has 1 fully saturated rings. The molecule has 1 atom stereocenters. The molecule has 1 N–H and O–H groups in total. The van der Waals surface area contributed by atoms with Crippen molar-refractivity contribution in [1.29, 1.82) is 0 Å². The molecule has 1 aromatic heterocycles. The second-order valence-corrected chi connectivity index (χ2v) is 6.67. The molecule has 4 heteroatoms. The zero-order valence-electron chi connectivity index (χ0n) is 12.9. The fraction of sp³-hybridized carbons (Fsp3) is 0.625. The van der Waals surface area contributed by atoms with E-state index >= 15 is 0 Å². The van der Waals surface area contributed by atoms with Crippen LogP contribution in [0.15, 0.2) is 24.5 Å². The van der Waals surface area contributed by atoms with Crippen LogP contribution >= 0.6 is 0 Å². The Balaban J connectivity index is 2.15. The zero-order chi connectivity index (χ0) is 14.8. The van der Waals surface area contributed by atoms with Gasteiger partial charge in [0.15, 0.2) is 0 Å². The summed E-state index contributed by atoms with van der Waals surface area (Å²) >= 11 is 0. The number of carbonyl (C=O) groups excluding carboxylic acids is 1. The van der Waals surface area contributed by atoms with Gasteiger partial charge in [0.05, 0.1) is 5.54 Å². The molecule has 0 aliphatic carbocycles. The van der Waals surface area contributed by atoms with Crippen LogP contribution in [0.5, 0.6) is 0 Å². The standard InChI is InChI=1S/C16H25N3O/c1-12(2)9-14-10-19(16(3,4)11-18-14)15(20)13-5-7-17-8-6-13/h5-8,12,14,18H,9-11H2,1-4H3. The summed E-state index contributed by atoms with van der Waals surface area (Å²) in [6.45, 7) is 10.3. The number of hydrogen-bond acceptors (Lipinski definition) is 3. The van der Waals surface area contributed by atoms with Gasteiger partial charge in [-0.1, -0.05) is 13.8 Å². The van der Waals surface area contributed by atoms with Gasteiger partial charge in [-0.15, -0.1) is 0 Å². The van der Waals surface area contributed by atoms with Crippen molar-refractivity contribution >= 4 is 5.91 Å². The molecule has 0 aromatic carbocycles. The Kier molecular flexibility index (Phi) is 4.43. The molecule has 0 saturated carbocycles. The number of nitrogens with one attached hydrogen (secondary N) is 1. The summed E-state index contributed by atoms with van der Waals surface area (Å²) in [5.74, 6) is 0.735. The number of nitrogens with zero attached hydrogens (tertiary/aromatic N) is 2. The Bertz CT molecular complexity index is 456. The smallest absolute Gasteiger partial charge is 0.254 e. The van der Waals surface area contributed by atoms with E-state index in [1.54, 1.807) is 24.5 Å². The number of piperazine rings is 1. The molecule has 20 heavy (non-hydrogen) atoms. The molecule has 1 aliphatic rings. The van der Waals surface area contributed by atoms with Crippen molar-refractivity contribution in [2.75, 3.05) is 13.1 Å². The molecule has 0 radical (unpaired) electrons. The number of amides is 1. The predicted octanol–water partition coefficient (Wildman–Crippen LogP) is 2.32. The van der Waals surface area contributed by atoms with Crippen molar-refractivity contribution in [3.8, 4) is 0 Å². The van der Waals surface area contributed by atoms with E-state index in [9.17, 15) is 4.79 Å². The fourth-order valence-corrected chi connectivity index (χ4v) is 2.76. The van der Waals surface area contributed by atoms with Crippen LogP contribution in [-0.4, -0.2) is 40.5 Å². The fourth-order valence-electron chi connectivity index (χ4n) is 2.76. The van der Waals surface area contributed by atoms with Crippen LogP contribution in [0.4, 0.5) is 0 Å². The van der Waals surface area contributed by atoms with Gasteiger partial charge in [0, 0.05) is 37.1 Å². The van der Waals surface area contributed by atoms with Gasteiger partial charge in [-0.2, -0.15) is 0 Å². The normalized spacial score (nSPS) is 22.1. The summed E-state index contributed by atoms with van der Waals surface area (Å²) in [4.78, 5) is 18.7. The highest BCUT2D eigenvalue weighted by Crippen LogP contribution is 2.23. The first kappa shape index (κ1) is 15.0. The van der Waals surface area contributed by atoms with Crippen molar-refractivity contribution in [2.45, 2.75) is 45.7 Å². The molecule has 4 nitrogen and oxygen atoms in total. The summed E-state index contributed by atoms with van der Waals surface area (Å²) in [7, 11) is 0. The predicted molar refractivity (Wildman–Crippen MR) is 80.6 cm³/mol. The monoisotopic (exact) mass is 275 g/mol. The molecule has 2 rings (SSSR count). The van der Waals surface area contributed by atoms with E-state index in [0.717, 1.165) is 25.1 Å². The lowest BCUT2D eigenvalue weighted by Crippen LogP contribution is -2.63. The number of rotatable bonds is 3. The molecule has 0 spiro atoms. The second kappa shape index (κ2) is 5.92. The topological polar surface area (TPSA) is 45.2 Å². The maximum absolute atomic E-state index is 12.7. The van der Waals surface area contributed by atoms with E-state index in [1.165, 1.54) is 0 Å². The van der Waals surface area contributed by atoms with Gasteiger partial charge < -0.3 is 10.2 Å². The number of hydrogen-bond donors (Lipinski definition) is 1. The minimum atomic E-state index is -0.159. The Morgan fingerprint density at radius 1 is 1.45 bits per heavy atom. The van der Waals surface area contributed by atoms with Crippen molar-refractivity contribution in [1.82, 2.24) is 15.2 Å². The van der Waals surface area contributed by atoms with E-state index in [2.05, 4.69) is 38.0 Å². The number of carbonyl (C=O) groups is 1. The quantitative estimate of drug-likeness (QED) is 0.921. The summed E-state index contributed by atoms with van der Waals surface area (Å²) in [5.41, 5.74) is 0.562. The molecule has 0 bridgehead atoms. The van der Waals surface area contributed by atoms with Crippen LogP contribution in [0.1, 0.15) is 44.5 Å². The van der Waals surface area contributed by atoms with Crippen molar-refractivity contribution in [3.63, 3.8) is 0 Å². The summed E-state index contributed by atoms with van der Waals surface area (Å²) < 4.78 is 0. The molecule has 1 aromatic rings. The Labute approximate surface area is 121 Å². The van der Waals surface area contributed by atoms with E-state index < -0.39 is 0 Å². The number of pyridine rings is 1. The first-order valence-corrected chi connectivity index (χ1v) is 7.35. The molecular formula is C16H25N3O. The third-order valence-corrected chi connectivity index (χ3v) is 3.89. The summed E-state index contributed by atoms with van der Waals surface area (Å²) in [6, 6.07) is 3.96. The third-order valence-electron chi connectivity index (χ3n) is 3.89. The van der Waals surface area contributed by atoms with Gasteiger partial charge in [0.25, 0.3) is 5.91 Å². The molecule has 2 heterocycles. The molecular weight excluding hydrogens is 250 g/mol. The van der Waals surface area contributed by atoms with Crippen LogP contribution in [0.2, 0.25) is 0 Å². The molecule has 1 saturated heterocycles. The van der Waals surface area contributed by atoms with Gasteiger partial charge in [-0.25, -0.2) is 0 Å². The first-order chi connectivity index (χ1) is 9.40. The Morgan fingerprint density at radius 2 is 2.10 bits per heavy atom. The molecule has 1 aliphatic heterocycles. The highest BCUT2D eigenvalue weighted by atomic mass is 16.2. The largest absolute Gasteiger partial charge is 0.331 e. The van der Waals surface area contributed by atoms with Crippen LogP contribution < -0.4 is 5.32 Å². The first-order valence-electron chi connectivity index (χ1n) is 7.35. The minimum absolute atomic E-state index is 0.104. The maximum atomic E-state index is 12.7. The lowest BCUT2D eigenvalue weighted by molar-refractivity contribution is 0.0377. The summed E-state index contributed by atoms with van der Waals surface area (Å²) in [5, 5.41) is 3.57. The van der Waals surface area contributed by atoms with E-state index in [0.29, 0.717) is 12.0 Å². The third kappa shape index (κ3) is 3.37. The summed E-state index contributed by atoms with van der Waals surface area (Å²) in [6.07, 6.45) is 4.44. The van der Waals surface area contributed by atoms with E-state index in [-0.39, 0.29) is 11.4 Å². The molecule has 110 valence electrons. The van der Waals surface area contributed by atoms with Crippen LogP contribution in [0.3, 0.4) is 0 Å². The maximum Gasteiger partial charge on any atom is 0.254 e. The second-order valence-electron chi connectivity index (χ2n) is 6.67. The Morgan fingerprint density at radius 3 is 2.70 bits per heavy atom. The average molecular weight is 275 g/mol. The highest BCUT2D eigenvalue weighted by molar-refractivity contribution is 5.94. The number of aromatic nitrogens is 1. The van der Waals surface area contributed by atoms with Crippen LogP contribution in [0, 0.1) is 5.92 Å². The van der Waals surface area contributed by atoms with Crippen molar-refractivity contribution in [2.24, 2.45) is 5.92 Å². The average Bonchev–Trinajstić information content (AvgIpc) is 2.40.